The maximum absolute atomic E-state index is 12.1. The van der Waals surface area contributed by atoms with E-state index in [9.17, 15) is 13.6 Å². The lowest BCUT2D eigenvalue weighted by Crippen LogP contribution is -2.25. The average Bonchev–Trinajstić information content (AvgIpc) is 2.99. The van der Waals surface area contributed by atoms with Crippen molar-refractivity contribution in [3.63, 3.8) is 0 Å². The number of carbonyl (C=O) groups excluding carboxylic acids is 1. The van der Waals surface area contributed by atoms with E-state index in [1.165, 1.54) is 11.4 Å². The summed E-state index contributed by atoms with van der Waals surface area (Å²) < 4.78 is 33.6. The van der Waals surface area contributed by atoms with Crippen LogP contribution in [0, 0.1) is 0 Å². The van der Waals surface area contributed by atoms with Gasteiger partial charge in [0.1, 0.15) is 16.4 Å². The Kier molecular flexibility index (Phi) is 4.51. The number of thiophene rings is 1. The molecule has 0 aliphatic rings. The third-order valence-electron chi connectivity index (χ3n) is 2.29. The highest BCUT2D eigenvalue weighted by molar-refractivity contribution is 7.12. The molecule has 0 aromatic carbocycles. The molecule has 0 fully saturated rings. The Morgan fingerprint density at radius 3 is 3.00 bits per heavy atom. The molecule has 0 aliphatic heterocycles. The van der Waals surface area contributed by atoms with Crippen molar-refractivity contribution in [3.05, 3.63) is 40.5 Å². The second kappa shape index (κ2) is 6.33. The normalized spacial score (nSPS) is 10.7. The van der Waals surface area contributed by atoms with Crippen molar-refractivity contribution in [3.8, 4) is 5.75 Å². The summed E-state index contributed by atoms with van der Waals surface area (Å²) >= 11 is 1.05. The minimum absolute atomic E-state index is 0.101. The fourth-order valence-electron chi connectivity index (χ4n) is 1.49. The van der Waals surface area contributed by atoms with E-state index >= 15 is 0 Å². The third-order valence-corrected chi connectivity index (χ3v) is 3.18. The lowest BCUT2D eigenvalue weighted by molar-refractivity contribution is -0.0498. The Hall–Kier alpha value is -1.89. The van der Waals surface area contributed by atoms with Crippen LogP contribution in [0.1, 0.15) is 15.4 Å². The molecular formula is C12H11F2NO3S. The van der Waals surface area contributed by atoms with Crippen molar-refractivity contribution in [1.29, 1.82) is 0 Å². The van der Waals surface area contributed by atoms with Gasteiger partial charge in [-0.25, -0.2) is 0 Å². The lowest BCUT2D eigenvalue weighted by Gasteiger charge is -2.06. The molecule has 2 aromatic heterocycles. The molecule has 19 heavy (non-hydrogen) atoms. The molecule has 0 atom stereocenters. The molecule has 0 radical (unpaired) electrons. The third kappa shape index (κ3) is 3.78. The smallest absolute Gasteiger partial charge is 0.387 e. The summed E-state index contributed by atoms with van der Waals surface area (Å²) in [7, 11) is 0. The lowest BCUT2D eigenvalue weighted by atomic mass is 10.3. The van der Waals surface area contributed by atoms with E-state index in [0.29, 0.717) is 13.0 Å². The quantitative estimate of drug-likeness (QED) is 0.888. The minimum atomic E-state index is -2.94. The SMILES string of the molecule is O=C(NCCc1ccco1)c1sccc1OC(F)F. The molecule has 0 bridgehead atoms. The Balaban J connectivity index is 1.87. The zero-order chi connectivity index (χ0) is 13.7. The largest absolute Gasteiger partial charge is 0.469 e. The molecule has 7 heteroatoms. The van der Waals surface area contributed by atoms with Gasteiger partial charge in [0.05, 0.1) is 6.26 Å². The first-order chi connectivity index (χ1) is 9.16. The monoisotopic (exact) mass is 287 g/mol. The van der Waals surface area contributed by atoms with Crippen molar-refractivity contribution < 1.29 is 22.7 Å². The number of halogens is 2. The molecule has 0 aliphatic carbocycles. The Morgan fingerprint density at radius 2 is 2.32 bits per heavy atom. The highest BCUT2D eigenvalue weighted by atomic mass is 32.1. The topological polar surface area (TPSA) is 51.5 Å². The number of rotatable bonds is 6. The number of amides is 1. The highest BCUT2D eigenvalue weighted by Gasteiger charge is 2.17. The highest BCUT2D eigenvalue weighted by Crippen LogP contribution is 2.26. The number of nitrogens with one attached hydrogen (secondary N) is 1. The molecule has 2 heterocycles. The molecule has 1 N–H and O–H groups in total. The van der Waals surface area contributed by atoms with Crippen LogP contribution in [-0.2, 0) is 6.42 Å². The minimum Gasteiger partial charge on any atom is -0.469 e. The van der Waals surface area contributed by atoms with Crippen LogP contribution >= 0.6 is 11.3 Å². The number of hydrogen-bond acceptors (Lipinski definition) is 4. The van der Waals surface area contributed by atoms with Gasteiger partial charge in [-0.2, -0.15) is 8.78 Å². The first-order valence-corrected chi connectivity index (χ1v) is 6.37. The summed E-state index contributed by atoms with van der Waals surface area (Å²) in [4.78, 5) is 11.9. The van der Waals surface area contributed by atoms with Crippen molar-refractivity contribution in [1.82, 2.24) is 5.32 Å². The van der Waals surface area contributed by atoms with Crippen LogP contribution in [0.5, 0.6) is 5.75 Å². The molecule has 2 rings (SSSR count). The van der Waals surface area contributed by atoms with E-state index in [1.807, 2.05) is 0 Å². The van der Waals surface area contributed by atoms with Crippen molar-refractivity contribution in [2.45, 2.75) is 13.0 Å². The first-order valence-electron chi connectivity index (χ1n) is 5.49. The fraction of sp³-hybridized carbons (Fsp3) is 0.250. The van der Waals surface area contributed by atoms with Crippen LogP contribution < -0.4 is 10.1 Å². The summed E-state index contributed by atoms with van der Waals surface area (Å²) in [6, 6.07) is 4.89. The van der Waals surface area contributed by atoms with E-state index in [4.69, 9.17) is 4.42 Å². The van der Waals surface area contributed by atoms with Crippen LogP contribution in [0.2, 0.25) is 0 Å². The maximum atomic E-state index is 12.1. The Morgan fingerprint density at radius 1 is 1.47 bits per heavy atom. The molecule has 0 unspecified atom stereocenters. The molecule has 102 valence electrons. The molecule has 0 spiro atoms. The average molecular weight is 287 g/mol. The van der Waals surface area contributed by atoms with Gasteiger partial charge in [0.25, 0.3) is 5.91 Å². The van der Waals surface area contributed by atoms with E-state index < -0.39 is 12.5 Å². The first kappa shape index (κ1) is 13.5. The van der Waals surface area contributed by atoms with Crippen LogP contribution in [-0.4, -0.2) is 19.1 Å². The maximum Gasteiger partial charge on any atom is 0.387 e. The van der Waals surface area contributed by atoms with Crippen molar-refractivity contribution >= 4 is 17.2 Å². The van der Waals surface area contributed by atoms with Gasteiger partial charge in [-0.3, -0.25) is 4.79 Å². The fourth-order valence-corrected chi connectivity index (χ4v) is 2.23. The molecule has 1 amide bonds. The predicted octanol–water partition coefficient (Wildman–Crippen LogP) is 2.92. The Bertz CT molecular complexity index is 525. The predicted molar refractivity (Wildman–Crippen MR) is 65.7 cm³/mol. The summed E-state index contributed by atoms with van der Waals surface area (Å²) in [5.41, 5.74) is 0. The number of carbonyl (C=O) groups is 1. The van der Waals surface area contributed by atoms with Gasteiger partial charge in [-0.1, -0.05) is 0 Å². The van der Waals surface area contributed by atoms with Crippen LogP contribution in [0.3, 0.4) is 0 Å². The second-order valence-electron chi connectivity index (χ2n) is 3.58. The van der Waals surface area contributed by atoms with E-state index in [2.05, 4.69) is 10.1 Å². The van der Waals surface area contributed by atoms with Crippen LogP contribution in [0.15, 0.2) is 34.3 Å². The summed E-state index contributed by atoms with van der Waals surface area (Å²) in [6.07, 6.45) is 2.08. The van der Waals surface area contributed by atoms with Gasteiger partial charge in [0.2, 0.25) is 0 Å². The standard InChI is InChI=1S/C12H11F2NO3S/c13-12(14)18-9-4-7-19-10(9)11(16)15-5-3-8-2-1-6-17-8/h1-2,4,6-7,12H,3,5H2,(H,15,16). The summed E-state index contributed by atoms with van der Waals surface area (Å²) in [5, 5.41) is 4.15. The second-order valence-corrected chi connectivity index (χ2v) is 4.49. The summed E-state index contributed by atoms with van der Waals surface area (Å²) in [5.74, 6) is 0.211. The molecule has 0 saturated carbocycles. The van der Waals surface area contributed by atoms with Gasteiger partial charge >= 0.3 is 6.61 Å². The molecule has 2 aromatic rings. The number of furan rings is 1. The number of hydrogen-bond donors (Lipinski definition) is 1. The van der Waals surface area contributed by atoms with Gasteiger partial charge in [0.15, 0.2) is 0 Å². The summed E-state index contributed by atoms with van der Waals surface area (Å²) in [6.45, 7) is -2.58. The molecule has 0 saturated heterocycles. The van der Waals surface area contributed by atoms with Gasteiger partial charge in [0, 0.05) is 13.0 Å². The zero-order valence-electron chi connectivity index (χ0n) is 9.77. The van der Waals surface area contributed by atoms with E-state index in [1.54, 1.807) is 18.4 Å². The van der Waals surface area contributed by atoms with Crippen LogP contribution in [0.25, 0.3) is 0 Å². The van der Waals surface area contributed by atoms with Gasteiger partial charge in [-0.05, 0) is 23.6 Å². The van der Waals surface area contributed by atoms with Crippen molar-refractivity contribution in [2.24, 2.45) is 0 Å². The van der Waals surface area contributed by atoms with E-state index in [-0.39, 0.29) is 10.6 Å². The number of ether oxygens (including phenoxy) is 1. The number of alkyl halides is 2. The molecular weight excluding hydrogens is 276 g/mol. The van der Waals surface area contributed by atoms with E-state index in [0.717, 1.165) is 17.1 Å². The molecule has 4 nitrogen and oxygen atoms in total. The Labute approximate surface area is 112 Å². The van der Waals surface area contributed by atoms with Crippen molar-refractivity contribution in [2.75, 3.05) is 6.54 Å². The van der Waals surface area contributed by atoms with Gasteiger partial charge in [-0.15, -0.1) is 11.3 Å². The van der Waals surface area contributed by atoms with Crippen LogP contribution in [0.4, 0.5) is 8.78 Å². The zero-order valence-corrected chi connectivity index (χ0v) is 10.6. The van der Waals surface area contributed by atoms with Gasteiger partial charge < -0.3 is 14.5 Å².